The van der Waals surface area contributed by atoms with Crippen molar-refractivity contribution in [2.24, 2.45) is 0 Å². The van der Waals surface area contributed by atoms with Crippen LogP contribution in [0.4, 0.5) is 0 Å². The predicted molar refractivity (Wildman–Crippen MR) is 156 cm³/mol. The van der Waals surface area contributed by atoms with Gasteiger partial charge in [0.25, 0.3) is 0 Å². The van der Waals surface area contributed by atoms with Gasteiger partial charge in [-0.3, -0.25) is 53.0 Å². The molecule has 0 atom stereocenters. The number of hydrogen-bond donors (Lipinski definition) is 4. The van der Waals surface area contributed by atoms with E-state index in [-0.39, 0.29) is 50.9 Å². The minimum absolute atomic E-state index is 0.0305. The van der Waals surface area contributed by atoms with E-state index in [0.717, 1.165) is 0 Å². The van der Waals surface area contributed by atoms with Crippen LogP contribution in [0, 0.1) is 0 Å². The van der Waals surface area contributed by atoms with Gasteiger partial charge in [-0.1, -0.05) is 5.21 Å². The first kappa shape index (κ1) is 37.2. The molecule has 1 aromatic rings. The molecule has 1 amide bonds. The summed E-state index contributed by atoms with van der Waals surface area (Å²) >= 11 is 0. The highest BCUT2D eigenvalue weighted by molar-refractivity contribution is 5.94. The average molecular weight is 641 g/mol. The molecular weight excluding hydrogens is 596 g/mol. The molecule has 18 nitrogen and oxygen atoms in total. The van der Waals surface area contributed by atoms with Gasteiger partial charge in [0.1, 0.15) is 12.2 Å². The second kappa shape index (κ2) is 20.1. The molecule has 0 unspecified atom stereocenters. The van der Waals surface area contributed by atoms with Gasteiger partial charge >= 0.3 is 23.9 Å². The summed E-state index contributed by atoms with van der Waals surface area (Å²) in [5.41, 5.74) is 0.619. The number of aryl methyl sites for hydroxylation is 1. The van der Waals surface area contributed by atoms with Crippen LogP contribution in [-0.4, -0.2) is 177 Å². The summed E-state index contributed by atoms with van der Waals surface area (Å²) in [5, 5.41) is 38.9. The van der Waals surface area contributed by atoms with Crippen LogP contribution in [0.25, 0.3) is 0 Å². The third-order valence-electron chi connectivity index (χ3n) is 6.86. The number of aliphatic carboxylic acids is 3. The van der Waals surface area contributed by atoms with E-state index in [9.17, 15) is 44.1 Å². The fourth-order valence-corrected chi connectivity index (χ4v) is 4.60. The minimum Gasteiger partial charge on any atom is -0.480 e. The molecule has 4 N–H and O–H groups in total. The Hall–Kier alpha value is -4.00. The summed E-state index contributed by atoms with van der Waals surface area (Å²) in [6.45, 7) is 4.10. The van der Waals surface area contributed by atoms with Crippen LogP contribution in [0.5, 0.6) is 0 Å². The number of esters is 1. The van der Waals surface area contributed by atoms with Crippen LogP contribution >= 0.6 is 0 Å². The summed E-state index contributed by atoms with van der Waals surface area (Å²) in [4.78, 5) is 76.3. The molecule has 1 fully saturated rings. The quantitative estimate of drug-likeness (QED) is 0.0773. The smallest absolute Gasteiger partial charge is 0.317 e. The fourth-order valence-electron chi connectivity index (χ4n) is 4.60. The first-order valence-corrected chi connectivity index (χ1v) is 14.7. The molecule has 2 rings (SSSR count). The Balaban J connectivity index is 1.87. The molecule has 0 radical (unpaired) electrons. The van der Waals surface area contributed by atoms with Crippen LogP contribution in [-0.2, 0) is 46.5 Å². The SMILES string of the molecule is CC(=O)CC(=O)OCCc1cn(CCCNC(=O)CN2CCN(CC(=O)O)CCN(CC(=O)O)CCN(CC(=O)O)CC2)nn1. The molecule has 252 valence electrons. The molecule has 0 aliphatic carbocycles. The van der Waals surface area contributed by atoms with Crippen molar-refractivity contribution in [1.82, 2.24) is 39.9 Å². The molecule has 1 aromatic heterocycles. The Bertz CT molecular complexity index is 1110. The van der Waals surface area contributed by atoms with Crippen LogP contribution in [0.3, 0.4) is 0 Å². The van der Waals surface area contributed by atoms with Gasteiger partial charge in [0.2, 0.25) is 5.91 Å². The summed E-state index contributed by atoms with van der Waals surface area (Å²) in [7, 11) is 0. The number of carboxylic acids is 3. The van der Waals surface area contributed by atoms with Crippen molar-refractivity contribution >= 4 is 35.6 Å². The summed E-state index contributed by atoms with van der Waals surface area (Å²) < 4.78 is 6.60. The molecule has 2 heterocycles. The Morgan fingerprint density at radius 2 is 1.24 bits per heavy atom. The summed E-state index contributed by atoms with van der Waals surface area (Å²) in [5.74, 6) is -4.15. The van der Waals surface area contributed by atoms with Gasteiger partial charge in [-0.05, 0) is 13.3 Å². The molecule has 0 bridgehead atoms. The Labute approximate surface area is 260 Å². The highest BCUT2D eigenvalue weighted by atomic mass is 16.5. The van der Waals surface area contributed by atoms with E-state index in [0.29, 0.717) is 84.0 Å². The fraction of sp³-hybridized carbons (Fsp3) is 0.704. The Kier molecular flexibility index (Phi) is 16.6. The maximum Gasteiger partial charge on any atom is 0.317 e. The van der Waals surface area contributed by atoms with Gasteiger partial charge < -0.3 is 25.4 Å². The van der Waals surface area contributed by atoms with Crippen molar-refractivity contribution in [3.8, 4) is 0 Å². The van der Waals surface area contributed by atoms with Crippen LogP contribution in [0.1, 0.15) is 25.5 Å². The Morgan fingerprint density at radius 3 is 1.69 bits per heavy atom. The van der Waals surface area contributed by atoms with E-state index < -0.39 is 23.9 Å². The second-order valence-corrected chi connectivity index (χ2v) is 10.8. The molecule has 1 aliphatic heterocycles. The van der Waals surface area contributed by atoms with Crippen LogP contribution in [0.15, 0.2) is 6.20 Å². The van der Waals surface area contributed by atoms with Crippen LogP contribution in [0.2, 0.25) is 0 Å². The lowest BCUT2D eigenvalue weighted by molar-refractivity contribution is -0.146. The van der Waals surface area contributed by atoms with E-state index in [1.54, 1.807) is 25.6 Å². The van der Waals surface area contributed by atoms with Crippen molar-refractivity contribution in [3.05, 3.63) is 11.9 Å². The monoisotopic (exact) mass is 640 g/mol. The highest BCUT2D eigenvalue weighted by Gasteiger charge is 2.21. The van der Waals surface area contributed by atoms with Crippen molar-refractivity contribution in [1.29, 1.82) is 0 Å². The number of aromatic nitrogens is 3. The number of rotatable bonds is 17. The first-order chi connectivity index (χ1) is 21.4. The van der Waals surface area contributed by atoms with Crippen molar-refractivity contribution in [2.75, 3.05) is 91.7 Å². The average Bonchev–Trinajstić information content (AvgIpc) is 3.38. The second-order valence-electron chi connectivity index (χ2n) is 10.8. The number of nitrogens with one attached hydrogen (secondary N) is 1. The Morgan fingerprint density at radius 1 is 0.778 bits per heavy atom. The predicted octanol–water partition coefficient (Wildman–Crippen LogP) is -2.68. The van der Waals surface area contributed by atoms with E-state index in [4.69, 9.17) is 4.74 Å². The summed E-state index contributed by atoms with van der Waals surface area (Å²) in [6.07, 6.45) is 2.36. The van der Waals surface area contributed by atoms with Crippen molar-refractivity contribution in [2.45, 2.75) is 32.7 Å². The third-order valence-corrected chi connectivity index (χ3v) is 6.86. The largest absolute Gasteiger partial charge is 0.480 e. The van der Waals surface area contributed by atoms with Crippen LogP contribution < -0.4 is 5.32 Å². The van der Waals surface area contributed by atoms with Crippen molar-refractivity contribution in [3.63, 3.8) is 0 Å². The van der Waals surface area contributed by atoms with Gasteiger partial charge in [-0.15, -0.1) is 5.10 Å². The standard InChI is InChI=1S/C27H44N8O10/c1-21(36)15-27(44)45-14-3-22-16-35(30-29-22)5-2-4-28-23(37)17-31-6-8-32(18-24(38)39)10-12-34(20-26(42)43)13-11-33(9-7-31)19-25(40)41/h16H,2-15,17-20H2,1H3,(H,28,37)(H,38,39)(H,40,41)(H,42,43). The zero-order valence-electron chi connectivity index (χ0n) is 25.6. The highest BCUT2D eigenvalue weighted by Crippen LogP contribution is 2.02. The van der Waals surface area contributed by atoms with Gasteiger partial charge in [-0.25, -0.2) is 0 Å². The number of ether oxygens (including phenoxy) is 1. The number of carbonyl (C=O) groups is 6. The maximum absolute atomic E-state index is 12.8. The number of carbonyl (C=O) groups excluding carboxylic acids is 3. The topological polar surface area (TPSA) is 228 Å². The third kappa shape index (κ3) is 17.2. The van der Waals surface area contributed by atoms with Gasteiger partial charge in [-0.2, -0.15) is 0 Å². The molecule has 1 saturated heterocycles. The number of Topliss-reactive ketones (excluding diaryl/α,β-unsaturated/α-hetero) is 1. The lowest BCUT2D eigenvalue weighted by atomic mass is 10.3. The molecule has 0 saturated carbocycles. The minimum atomic E-state index is -1.03. The zero-order chi connectivity index (χ0) is 33.2. The lowest BCUT2D eigenvalue weighted by Crippen LogP contribution is -2.49. The molecule has 1 aliphatic rings. The zero-order valence-corrected chi connectivity index (χ0v) is 25.6. The maximum atomic E-state index is 12.8. The molecule has 18 heteroatoms. The van der Waals surface area contributed by atoms with E-state index in [1.165, 1.54) is 6.92 Å². The number of hydrogen-bond acceptors (Lipinski definition) is 13. The number of amides is 1. The molecule has 0 spiro atoms. The van der Waals surface area contributed by atoms with Crippen molar-refractivity contribution < 1.29 is 48.8 Å². The van der Waals surface area contributed by atoms with Gasteiger partial charge in [0.15, 0.2) is 0 Å². The number of nitrogens with zero attached hydrogens (tertiary/aromatic N) is 7. The summed E-state index contributed by atoms with van der Waals surface area (Å²) in [6, 6.07) is 0. The van der Waals surface area contributed by atoms with Gasteiger partial charge in [0.05, 0.1) is 38.5 Å². The van der Waals surface area contributed by atoms with E-state index >= 15 is 0 Å². The molecule has 45 heavy (non-hydrogen) atoms. The molecule has 0 aromatic carbocycles. The molecular formula is C27H44N8O10. The van der Waals surface area contributed by atoms with Gasteiger partial charge in [0, 0.05) is 78.1 Å². The van der Waals surface area contributed by atoms with E-state index in [2.05, 4.69) is 15.6 Å². The number of ketones is 1. The normalized spacial score (nSPS) is 16.3. The number of carboxylic acid groups (broad SMARTS) is 3. The lowest BCUT2D eigenvalue weighted by Gasteiger charge is -2.32. The van der Waals surface area contributed by atoms with E-state index in [1.807, 2.05) is 4.90 Å². The first-order valence-electron chi connectivity index (χ1n) is 14.7.